The molecule has 0 radical (unpaired) electrons. The topological polar surface area (TPSA) is 71.4 Å². The molecule has 0 bridgehead atoms. The highest BCUT2D eigenvalue weighted by Gasteiger charge is 2.39. The first-order chi connectivity index (χ1) is 10.5. The molecule has 1 aliphatic rings. The number of sulfone groups is 1. The number of hydrogen-bond acceptors (Lipinski definition) is 4. The van der Waals surface area contributed by atoms with Gasteiger partial charge in [0.15, 0.2) is 9.84 Å². The molecular weight excluding hydrogens is 320 g/mol. The van der Waals surface area contributed by atoms with Crippen molar-refractivity contribution in [1.29, 1.82) is 0 Å². The second kappa shape index (κ2) is 10.8. The largest absolute Gasteiger partial charge is 0.391 e. The van der Waals surface area contributed by atoms with Crippen molar-refractivity contribution in [2.24, 2.45) is 0 Å². The molecular formula is C16H32O4S2. The van der Waals surface area contributed by atoms with Gasteiger partial charge in [-0.1, -0.05) is 64.7 Å². The number of rotatable bonds is 12. The van der Waals surface area contributed by atoms with E-state index in [2.05, 4.69) is 6.92 Å². The van der Waals surface area contributed by atoms with Crippen LogP contribution in [0.4, 0.5) is 0 Å². The third kappa shape index (κ3) is 8.06. The molecule has 0 aromatic carbocycles. The zero-order valence-electron chi connectivity index (χ0n) is 13.8. The fourth-order valence-electron chi connectivity index (χ4n) is 2.93. The molecule has 3 unspecified atom stereocenters. The standard InChI is InChI=1S/C16H32O4S2/c1-2-3-4-5-6-7-8-9-10-11-12-21(18)16-14-22(19,20)13-15(16)17/h15-17H,2-14H2,1H3. The SMILES string of the molecule is CCCCCCCCCCCCS(=O)C1CS(=O)(=O)CC1O. The molecule has 1 fully saturated rings. The van der Waals surface area contributed by atoms with Crippen molar-refractivity contribution in [3.05, 3.63) is 0 Å². The Bertz CT molecular complexity index is 420. The molecule has 1 heterocycles. The normalized spacial score (nSPS) is 25.4. The van der Waals surface area contributed by atoms with E-state index in [1.54, 1.807) is 0 Å². The van der Waals surface area contributed by atoms with E-state index in [9.17, 15) is 17.7 Å². The lowest BCUT2D eigenvalue weighted by atomic mass is 10.1. The summed E-state index contributed by atoms with van der Waals surface area (Å²) in [7, 11) is -4.40. The van der Waals surface area contributed by atoms with Gasteiger partial charge in [-0.25, -0.2) is 8.42 Å². The lowest BCUT2D eigenvalue weighted by Crippen LogP contribution is -2.30. The summed E-state index contributed by atoms with van der Waals surface area (Å²) in [6, 6.07) is 0. The highest BCUT2D eigenvalue weighted by molar-refractivity contribution is 7.94. The van der Waals surface area contributed by atoms with E-state index in [1.807, 2.05) is 0 Å². The molecule has 4 nitrogen and oxygen atoms in total. The summed E-state index contributed by atoms with van der Waals surface area (Å²) in [4.78, 5) is 0. The molecule has 0 amide bonds. The number of aliphatic hydroxyl groups excluding tert-OH is 1. The van der Waals surface area contributed by atoms with Crippen LogP contribution in [-0.4, -0.2) is 46.3 Å². The fourth-order valence-corrected chi connectivity index (χ4v) is 7.13. The number of unbranched alkanes of at least 4 members (excludes halogenated alkanes) is 9. The molecule has 1 rings (SSSR count). The van der Waals surface area contributed by atoms with E-state index in [1.165, 1.54) is 44.9 Å². The Labute approximate surface area is 138 Å². The summed E-state index contributed by atoms with van der Waals surface area (Å²) in [6.45, 7) is 2.23. The van der Waals surface area contributed by atoms with Gasteiger partial charge < -0.3 is 5.11 Å². The van der Waals surface area contributed by atoms with Crippen molar-refractivity contribution in [3.63, 3.8) is 0 Å². The molecule has 1 aliphatic heterocycles. The molecule has 6 heteroatoms. The van der Waals surface area contributed by atoms with Crippen molar-refractivity contribution in [3.8, 4) is 0 Å². The van der Waals surface area contributed by atoms with E-state index >= 15 is 0 Å². The van der Waals surface area contributed by atoms with Gasteiger partial charge in [0, 0.05) is 16.6 Å². The van der Waals surface area contributed by atoms with Gasteiger partial charge >= 0.3 is 0 Å². The summed E-state index contributed by atoms with van der Waals surface area (Å²) >= 11 is 0. The first kappa shape index (κ1) is 20.1. The quantitative estimate of drug-likeness (QED) is 0.548. The average Bonchev–Trinajstić information content (AvgIpc) is 2.74. The molecule has 1 N–H and O–H groups in total. The second-order valence-electron chi connectivity index (χ2n) is 6.45. The van der Waals surface area contributed by atoms with Crippen LogP contribution in [0.3, 0.4) is 0 Å². The van der Waals surface area contributed by atoms with Gasteiger partial charge in [0.25, 0.3) is 0 Å². The first-order valence-electron chi connectivity index (χ1n) is 8.72. The monoisotopic (exact) mass is 352 g/mol. The molecule has 0 saturated carbocycles. The highest BCUT2D eigenvalue weighted by atomic mass is 32.2. The van der Waals surface area contributed by atoms with Crippen molar-refractivity contribution in [2.45, 2.75) is 82.5 Å². The Morgan fingerprint density at radius 1 is 0.909 bits per heavy atom. The minimum absolute atomic E-state index is 0.113. The Morgan fingerprint density at radius 3 is 1.86 bits per heavy atom. The van der Waals surface area contributed by atoms with Crippen LogP contribution in [0.1, 0.15) is 71.1 Å². The van der Waals surface area contributed by atoms with E-state index in [0.29, 0.717) is 5.75 Å². The van der Waals surface area contributed by atoms with E-state index in [-0.39, 0.29) is 11.5 Å². The Hall–Kier alpha value is 0.0600. The maximum Gasteiger partial charge on any atom is 0.154 e. The molecule has 22 heavy (non-hydrogen) atoms. The second-order valence-corrected chi connectivity index (χ2v) is 10.4. The van der Waals surface area contributed by atoms with E-state index in [0.717, 1.165) is 19.3 Å². The zero-order valence-corrected chi connectivity index (χ0v) is 15.5. The molecule has 132 valence electrons. The van der Waals surface area contributed by atoms with Crippen molar-refractivity contribution >= 4 is 20.6 Å². The zero-order chi connectivity index (χ0) is 16.4. The minimum atomic E-state index is -3.19. The smallest absolute Gasteiger partial charge is 0.154 e. The maximum atomic E-state index is 12.1. The number of aliphatic hydroxyl groups is 1. The third-order valence-corrected chi connectivity index (χ3v) is 8.08. The van der Waals surface area contributed by atoms with Crippen molar-refractivity contribution in [1.82, 2.24) is 0 Å². The van der Waals surface area contributed by atoms with Gasteiger partial charge in [0.1, 0.15) is 0 Å². The number of hydrogen-bond donors (Lipinski definition) is 1. The molecule has 0 aliphatic carbocycles. The van der Waals surface area contributed by atoms with Crippen LogP contribution in [0.5, 0.6) is 0 Å². The molecule has 3 atom stereocenters. The van der Waals surface area contributed by atoms with E-state index < -0.39 is 32.0 Å². The average molecular weight is 353 g/mol. The van der Waals surface area contributed by atoms with E-state index in [4.69, 9.17) is 0 Å². The maximum absolute atomic E-state index is 12.1. The van der Waals surface area contributed by atoms with Crippen LogP contribution in [0.15, 0.2) is 0 Å². The van der Waals surface area contributed by atoms with Gasteiger partial charge in [-0.05, 0) is 6.42 Å². The van der Waals surface area contributed by atoms with Crippen LogP contribution in [0, 0.1) is 0 Å². The Morgan fingerprint density at radius 2 is 1.41 bits per heavy atom. The molecule has 0 spiro atoms. The minimum Gasteiger partial charge on any atom is -0.391 e. The summed E-state index contributed by atoms with van der Waals surface area (Å²) < 4.78 is 34.9. The van der Waals surface area contributed by atoms with Crippen LogP contribution in [0.2, 0.25) is 0 Å². The van der Waals surface area contributed by atoms with Gasteiger partial charge in [0.05, 0.1) is 22.9 Å². The molecule has 0 aromatic rings. The van der Waals surface area contributed by atoms with Gasteiger partial charge in [-0.2, -0.15) is 0 Å². The van der Waals surface area contributed by atoms with Gasteiger partial charge in [0.2, 0.25) is 0 Å². The summed E-state index contributed by atoms with van der Waals surface area (Å²) in [5.74, 6) is 0.188. The van der Waals surface area contributed by atoms with Gasteiger partial charge in [-0.3, -0.25) is 4.21 Å². The summed E-state index contributed by atoms with van der Waals surface area (Å²) in [5, 5.41) is 9.12. The van der Waals surface area contributed by atoms with Crippen molar-refractivity contribution in [2.75, 3.05) is 17.3 Å². The predicted octanol–water partition coefficient (Wildman–Crippen LogP) is 2.81. The Balaban J connectivity index is 2.00. The van der Waals surface area contributed by atoms with Crippen LogP contribution >= 0.6 is 0 Å². The van der Waals surface area contributed by atoms with Crippen molar-refractivity contribution < 1.29 is 17.7 Å². The Kier molecular flexibility index (Phi) is 9.84. The molecule has 0 aromatic heterocycles. The first-order valence-corrected chi connectivity index (χ1v) is 11.9. The summed E-state index contributed by atoms with van der Waals surface area (Å²) in [6.07, 6.45) is 11.3. The molecule has 1 saturated heterocycles. The lowest BCUT2D eigenvalue weighted by molar-refractivity contribution is 0.206. The lowest BCUT2D eigenvalue weighted by Gasteiger charge is -2.12. The van der Waals surface area contributed by atoms with Crippen LogP contribution < -0.4 is 0 Å². The van der Waals surface area contributed by atoms with Gasteiger partial charge in [-0.15, -0.1) is 0 Å². The third-order valence-electron chi connectivity index (χ3n) is 4.31. The van der Waals surface area contributed by atoms with Crippen LogP contribution in [0.25, 0.3) is 0 Å². The van der Waals surface area contributed by atoms with Crippen LogP contribution in [-0.2, 0) is 20.6 Å². The summed E-state index contributed by atoms with van der Waals surface area (Å²) in [5.41, 5.74) is 0. The predicted molar refractivity (Wildman–Crippen MR) is 93.3 cm³/mol. The highest BCUT2D eigenvalue weighted by Crippen LogP contribution is 2.19. The fraction of sp³-hybridized carbons (Fsp3) is 1.00.